The fourth-order valence-electron chi connectivity index (χ4n) is 1.81. The minimum absolute atomic E-state index is 0.00750. The minimum Gasteiger partial charge on any atom is -0.468 e. The lowest BCUT2D eigenvalue weighted by Gasteiger charge is -2.13. The third-order valence-electron chi connectivity index (χ3n) is 3.25. The summed E-state index contributed by atoms with van der Waals surface area (Å²) in [4.78, 5) is 23.1. The molecule has 0 saturated heterocycles. The molecule has 1 aromatic rings. The molecule has 1 aromatic heterocycles. The van der Waals surface area contributed by atoms with Crippen molar-refractivity contribution in [3.8, 4) is 0 Å². The molecule has 2 rings (SSSR count). The highest BCUT2D eigenvalue weighted by molar-refractivity contribution is 6.32. The molecule has 0 spiro atoms. The maximum atomic E-state index is 11.9. The van der Waals surface area contributed by atoms with Crippen molar-refractivity contribution < 1.29 is 9.53 Å². The van der Waals surface area contributed by atoms with E-state index in [-0.39, 0.29) is 17.6 Å². The number of nitrogens with one attached hydrogen (secondary N) is 1. The first-order chi connectivity index (χ1) is 9.52. The molecule has 0 amide bonds. The molecular weight excluding hydrogens is 284 g/mol. The number of rotatable bonds is 6. The number of hydrogen-bond donors (Lipinski definition) is 2. The first-order valence-electron chi connectivity index (χ1n) is 6.34. The Labute approximate surface area is 121 Å². The van der Waals surface area contributed by atoms with Crippen LogP contribution in [0.5, 0.6) is 0 Å². The van der Waals surface area contributed by atoms with E-state index in [1.54, 1.807) is 0 Å². The monoisotopic (exact) mass is 300 g/mol. The third-order valence-corrected chi connectivity index (χ3v) is 3.61. The second-order valence-electron chi connectivity index (χ2n) is 4.79. The summed E-state index contributed by atoms with van der Waals surface area (Å²) in [5, 5.41) is 6.89. The van der Waals surface area contributed by atoms with Crippen molar-refractivity contribution in [2.24, 2.45) is 11.7 Å². The topological polar surface area (TPSA) is 99.2 Å². The van der Waals surface area contributed by atoms with E-state index < -0.39 is 11.5 Å². The zero-order chi connectivity index (χ0) is 14.7. The van der Waals surface area contributed by atoms with Gasteiger partial charge in [0.2, 0.25) is 0 Å². The molecule has 1 saturated carbocycles. The second kappa shape index (κ2) is 6.23. The normalized spacial score (nSPS) is 15.8. The van der Waals surface area contributed by atoms with E-state index in [4.69, 9.17) is 17.3 Å². The summed E-state index contributed by atoms with van der Waals surface area (Å²) in [7, 11) is 1.24. The van der Waals surface area contributed by atoms with Gasteiger partial charge in [-0.3, -0.25) is 9.59 Å². The molecule has 20 heavy (non-hydrogen) atoms. The van der Waals surface area contributed by atoms with Crippen LogP contribution in [0.2, 0.25) is 5.02 Å². The third kappa shape index (κ3) is 3.49. The number of esters is 1. The SMILES string of the molecule is COC(=O)Cn1ncc(NCC(N)C2CC2)c(Cl)c1=O. The molecule has 1 aliphatic carbocycles. The van der Waals surface area contributed by atoms with Crippen molar-refractivity contribution in [3.05, 3.63) is 21.6 Å². The van der Waals surface area contributed by atoms with Gasteiger partial charge in [-0.05, 0) is 18.8 Å². The zero-order valence-electron chi connectivity index (χ0n) is 11.1. The van der Waals surface area contributed by atoms with Crippen LogP contribution in [0, 0.1) is 5.92 Å². The Hall–Kier alpha value is -1.60. The van der Waals surface area contributed by atoms with Crippen molar-refractivity contribution in [2.75, 3.05) is 19.0 Å². The lowest BCUT2D eigenvalue weighted by molar-refractivity contribution is -0.141. The van der Waals surface area contributed by atoms with Crippen LogP contribution in [0.25, 0.3) is 0 Å². The Morgan fingerprint density at radius 1 is 1.70 bits per heavy atom. The highest BCUT2D eigenvalue weighted by Crippen LogP contribution is 2.31. The van der Waals surface area contributed by atoms with Crippen molar-refractivity contribution in [1.29, 1.82) is 0 Å². The van der Waals surface area contributed by atoms with Gasteiger partial charge in [0, 0.05) is 12.6 Å². The standard InChI is InChI=1S/C12H17ClN4O3/c1-20-10(18)6-17-12(19)11(13)9(5-16-17)15-4-8(14)7-2-3-7/h5,7-8,15H,2-4,6,14H2,1H3. The maximum Gasteiger partial charge on any atom is 0.327 e. The minimum atomic E-state index is -0.563. The number of nitrogens with two attached hydrogens (primary N) is 1. The maximum absolute atomic E-state index is 11.9. The predicted octanol–water partition coefficient (Wildman–Crippen LogP) is 0.219. The predicted molar refractivity (Wildman–Crippen MR) is 74.7 cm³/mol. The van der Waals surface area contributed by atoms with Gasteiger partial charge in [0.1, 0.15) is 11.6 Å². The number of carbonyl (C=O) groups is 1. The molecular formula is C12H17ClN4O3. The van der Waals surface area contributed by atoms with Gasteiger partial charge >= 0.3 is 5.97 Å². The Kier molecular flexibility index (Phi) is 4.61. The summed E-state index contributed by atoms with van der Waals surface area (Å²) in [6.07, 6.45) is 3.71. The van der Waals surface area contributed by atoms with E-state index in [0.717, 1.165) is 17.5 Å². The number of anilines is 1. The summed E-state index contributed by atoms with van der Waals surface area (Å²) in [5.74, 6) is -0.0129. The van der Waals surface area contributed by atoms with E-state index in [1.165, 1.54) is 13.3 Å². The first-order valence-corrected chi connectivity index (χ1v) is 6.72. The number of halogens is 1. The molecule has 0 radical (unpaired) electrons. The van der Waals surface area contributed by atoms with Gasteiger partial charge in [0.15, 0.2) is 0 Å². The summed E-state index contributed by atoms with van der Waals surface area (Å²) < 4.78 is 5.44. The lowest BCUT2D eigenvalue weighted by Crippen LogP contribution is -2.32. The average molecular weight is 301 g/mol. The van der Waals surface area contributed by atoms with Crippen LogP contribution < -0.4 is 16.6 Å². The Morgan fingerprint density at radius 3 is 3.00 bits per heavy atom. The zero-order valence-corrected chi connectivity index (χ0v) is 11.9. The molecule has 1 fully saturated rings. The summed E-state index contributed by atoms with van der Waals surface area (Å²) in [5.41, 5.74) is 5.84. The van der Waals surface area contributed by atoms with Gasteiger partial charge in [-0.15, -0.1) is 0 Å². The molecule has 8 heteroatoms. The van der Waals surface area contributed by atoms with Crippen LogP contribution in [0.3, 0.4) is 0 Å². The lowest BCUT2D eigenvalue weighted by atomic mass is 10.2. The molecule has 1 heterocycles. The van der Waals surface area contributed by atoms with Crippen LogP contribution in [0.4, 0.5) is 5.69 Å². The molecule has 0 aromatic carbocycles. The van der Waals surface area contributed by atoms with Gasteiger partial charge in [0.25, 0.3) is 5.56 Å². The summed E-state index contributed by atoms with van der Waals surface area (Å²) in [6, 6.07) is 0.0450. The van der Waals surface area contributed by atoms with Crippen LogP contribution in [-0.2, 0) is 16.1 Å². The van der Waals surface area contributed by atoms with Crippen LogP contribution in [0.1, 0.15) is 12.8 Å². The second-order valence-corrected chi connectivity index (χ2v) is 5.17. The number of methoxy groups -OCH3 is 1. The highest BCUT2D eigenvalue weighted by atomic mass is 35.5. The molecule has 1 atom stereocenters. The number of carbonyl (C=O) groups excluding carboxylic acids is 1. The molecule has 1 aliphatic rings. The smallest absolute Gasteiger partial charge is 0.327 e. The van der Waals surface area contributed by atoms with E-state index in [9.17, 15) is 9.59 Å². The molecule has 0 aliphatic heterocycles. The molecule has 7 nitrogen and oxygen atoms in total. The Balaban J connectivity index is 2.05. The first kappa shape index (κ1) is 14.8. The van der Waals surface area contributed by atoms with Crippen LogP contribution in [0.15, 0.2) is 11.0 Å². The van der Waals surface area contributed by atoms with Crippen molar-refractivity contribution >= 4 is 23.3 Å². The number of nitrogens with zero attached hydrogens (tertiary/aromatic N) is 2. The molecule has 1 unspecified atom stereocenters. The average Bonchev–Trinajstić information content (AvgIpc) is 3.27. The van der Waals surface area contributed by atoms with Gasteiger partial charge in [-0.2, -0.15) is 5.10 Å². The van der Waals surface area contributed by atoms with Gasteiger partial charge in [-0.1, -0.05) is 11.6 Å². The fourth-order valence-corrected chi connectivity index (χ4v) is 2.02. The van der Waals surface area contributed by atoms with Crippen LogP contribution >= 0.6 is 11.6 Å². The number of hydrogen-bond acceptors (Lipinski definition) is 6. The summed E-state index contributed by atoms with van der Waals surface area (Å²) >= 11 is 5.97. The summed E-state index contributed by atoms with van der Waals surface area (Å²) in [6.45, 7) is 0.267. The van der Waals surface area contributed by atoms with E-state index in [1.807, 2.05) is 0 Å². The molecule has 110 valence electrons. The van der Waals surface area contributed by atoms with Crippen molar-refractivity contribution in [2.45, 2.75) is 25.4 Å². The van der Waals surface area contributed by atoms with E-state index >= 15 is 0 Å². The highest BCUT2D eigenvalue weighted by Gasteiger charge is 2.28. The van der Waals surface area contributed by atoms with Crippen molar-refractivity contribution in [3.63, 3.8) is 0 Å². The van der Waals surface area contributed by atoms with Crippen molar-refractivity contribution in [1.82, 2.24) is 9.78 Å². The van der Waals surface area contributed by atoms with Gasteiger partial charge in [0.05, 0.1) is 19.0 Å². The molecule has 0 bridgehead atoms. The fraction of sp³-hybridized carbons (Fsp3) is 0.583. The Bertz CT molecular complexity index is 556. The van der Waals surface area contributed by atoms with Crippen LogP contribution in [-0.4, -0.2) is 35.4 Å². The van der Waals surface area contributed by atoms with Gasteiger partial charge in [-0.25, -0.2) is 4.68 Å². The van der Waals surface area contributed by atoms with Gasteiger partial charge < -0.3 is 15.8 Å². The largest absolute Gasteiger partial charge is 0.468 e. The Morgan fingerprint density at radius 2 is 2.40 bits per heavy atom. The number of aromatic nitrogens is 2. The molecule has 3 N–H and O–H groups in total. The van der Waals surface area contributed by atoms with E-state index in [2.05, 4.69) is 15.2 Å². The number of ether oxygens (including phenoxy) is 1. The quantitative estimate of drug-likeness (QED) is 0.729. The van der Waals surface area contributed by atoms with E-state index in [0.29, 0.717) is 18.2 Å².